The Balaban J connectivity index is 2.41. The lowest BCUT2D eigenvalue weighted by molar-refractivity contribution is 0.589. The van der Waals surface area contributed by atoms with E-state index in [4.69, 9.17) is 34.8 Å². The predicted octanol–water partition coefficient (Wildman–Crippen LogP) is 5.81. The van der Waals surface area contributed by atoms with Gasteiger partial charge in [0.1, 0.15) is 0 Å². The minimum atomic E-state index is 0.413. The number of rotatable bonds is 4. The highest BCUT2D eigenvalue weighted by Gasteiger charge is 2.08. The van der Waals surface area contributed by atoms with Crippen LogP contribution in [-0.4, -0.2) is 6.04 Å². The van der Waals surface area contributed by atoms with Gasteiger partial charge in [-0.3, -0.25) is 0 Å². The molecule has 0 aliphatic heterocycles. The van der Waals surface area contributed by atoms with E-state index in [0.29, 0.717) is 16.1 Å². The predicted molar refractivity (Wildman–Crippen MR) is 88.9 cm³/mol. The first-order chi connectivity index (χ1) is 9.47. The molecule has 0 radical (unpaired) electrons. The van der Waals surface area contributed by atoms with E-state index in [-0.39, 0.29) is 0 Å². The number of benzene rings is 2. The third-order valence-electron chi connectivity index (χ3n) is 3.00. The first kappa shape index (κ1) is 15.7. The molecule has 0 amide bonds. The first-order valence-corrected chi connectivity index (χ1v) is 7.58. The summed E-state index contributed by atoms with van der Waals surface area (Å²) in [5, 5.41) is 5.26. The molecule has 2 aromatic rings. The normalized spacial score (nSPS) is 11.1. The van der Waals surface area contributed by atoms with Gasteiger partial charge in [-0.25, -0.2) is 0 Å². The van der Waals surface area contributed by atoms with Crippen LogP contribution in [0.3, 0.4) is 0 Å². The highest BCUT2D eigenvalue weighted by molar-refractivity contribution is 6.42. The summed E-state index contributed by atoms with van der Waals surface area (Å²) in [6.07, 6.45) is 0. The maximum Gasteiger partial charge on any atom is 0.0598 e. The van der Waals surface area contributed by atoms with Crippen molar-refractivity contribution < 1.29 is 0 Å². The molecular weight excluding hydrogens is 313 g/mol. The average molecular weight is 329 g/mol. The molecule has 1 nitrogen and oxygen atoms in total. The molecular formula is C16H16Cl3N. The van der Waals surface area contributed by atoms with Gasteiger partial charge >= 0.3 is 0 Å². The molecule has 0 bridgehead atoms. The lowest BCUT2D eigenvalue weighted by Crippen LogP contribution is -2.22. The van der Waals surface area contributed by atoms with Crippen LogP contribution in [0, 0.1) is 0 Å². The molecule has 1 N–H and O–H groups in total. The molecule has 0 saturated heterocycles. The van der Waals surface area contributed by atoms with E-state index in [0.717, 1.165) is 28.3 Å². The van der Waals surface area contributed by atoms with Crippen LogP contribution in [0.25, 0.3) is 11.1 Å². The lowest BCUT2D eigenvalue weighted by Gasteiger charge is -2.14. The van der Waals surface area contributed by atoms with Crippen LogP contribution in [0.2, 0.25) is 15.1 Å². The van der Waals surface area contributed by atoms with Crippen molar-refractivity contribution in [3.8, 4) is 11.1 Å². The van der Waals surface area contributed by atoms with Crippen LogP contribution >= 0.6 is 34.8 Å². The summed E-state index contributed by atoms with van der Waals surface area (Å²) in [6.45, 7) is 4.99. The molecule has 0 aliphatic rings. The SMILES string of the molecule is CC(C)NCc1cc(Cl)ccc1-c1ccc(Cl)c(Cl)c1. The van der Waals surface area contributed by atoms with Crippen LogP contribution in [-0.2, 0) is 6.54 Å². The number of hydrogen-bond donors (Lipinski definition) is 1. The van der Waals surface area contributed by atoms with Crippen LogP contribution in [0.1, 0.15) is 19.4 Å². The van der Waals surface area contributed by atoms with E-state index in [9.17, 15) is 0 Å². The van der Waals surface area contributed by atoms with Crippen molar-refractivity contribution in [2.75, 3.05) is 0 Å². The summed E-state index contributed by atoms with van der Waals surface area (Å²) in [7, 11) is 0. The van der Waals surface area contributed by atoms with Gasteiger partial charge in [-0.05, 0) is 41.0 Å². The molecule has 0 spiro atoms. The Morgan fingerprint density at radius 3 is 2.35 bits per heavy atom. The van der Waals surface area contributed by atoms with E-state index in [1.54, 1.807) is 0 Å². The minimum Gasteiger partial charge on any atom is -0.310 e. The standard InChI is InChI=1S/C16H16Cl3N/c1-10(2)20-9-12-7-13(17)4-5-14(12)11-3-6-15(18)16(19)8-11/h3-8,10,20H,9H2,1-2H3. The zero-order valence-corrected chi connectivity index (χ0v) is 13.7. The summed E-state index contributed by atoms with van der Waals surface area (Å²) < 4.78 is 0. The third-order valence-corrected chi connectivity index (χ3v) is 3.97. The van der Waals surface area contributed by atoms with Gasteiger partial charge in [0, 0.05) is 17.6 Å². The van der Waals surface area contributed by atoms with Crippen molar-refractivity contribution in [2.24, 2.45) is 0 Å². The highest BCUT2D eigenvalue weighted by atomic mass is 35.5. The summed E-state index contributed by atoms with van der Waals surface area (Å²) in [4.78, 5) is 0. The summed E-state index contributed by atoms with van der Waals surface area (Å²) >= 11 is 18.2. The molecule has 4 heteroatoms. The molecule has 2 rings (SSSR count). The Labute approximate surface area is 134 Å². The quantitative estimate of drug-likeness (QED) is 0.746. The fourth-order valence-corrected chi connectivity index (χ4v) is 2.46. The molecule has 0 heterocycles. The van der Waals surface area contributed by atoms with Gasteiger partial charge in [-0.2, -0.15) is 0 Å². The van der Waals surface area contributed by atoms with Gasteiger partial charge in [0.25, 0.3) is 0 Å². The van der Waals surface area contributed by atoms with Crippen molar-refractivity contribution in [1.29, 1.82) is 0 Å². The van der Waals surface area contributed by atoms with Gasteiger partial charge in [-0.1, -0.05) is 60.8 Å². The van der Waals surface area contributed by atoms with Gasteiger partial charge in [0.15, 0.2) is 0 Å². The third kappa shape index (κ3) is 3.89. The zero-order valence-electron chi connectivity index (χ0n) is 11.4. The molecule has 0 unspecified atom stereocenters. The smallest absolute Gasteiger partial charge is 0.0598 e. The molecule has 0 atom stereocenters. The molecule has 2 aromatic carbocycles. The van der Waals surface area contributed by atoms with Crippen molar-refractivity contribution in [3.63, 3.8) is 0 Å². The van der Waals surface area contributed by atoms with Crippen molar-refractivity contribution in [3.05, 3.63) is 57.0 Å². The second-order valence-corrected chi connectivity index (χ2v) is 6.22. The zero-order chi connectivity index (χ0) is 14.7. The van der Waals surface area contributed by atoms with E-state index >= 15 is 0 Å². The van der Waals surface area contributed by atoms with Gasteiger partial charge < -0.3 is 5.32 Å². The number of hydrogen-bond acceptors (Lipinski definition) is 1. The Morgan fingerprint density at radius 1 is 0.950 bits per heavy atom. The van der Waals surface area contributed by atoms with Crippen molar-refractivity contribution in [1.82, 2.24) is 5.32 Å². The molecule has 0 aromatic heterocycles. The monoisotopic (exact) mass is 327 g/mol. The van der Waals surface area contributed by atoms with E-state index in [1.165, 1.54) is 0 Å². The van der Waals surface area contributed by atoms with Crippen LogP contribution in [0.5, 0.6) is 0 Å². The Kier molecular flexibility index (Phi) is 5.34. The maximum atomic E-state index is 6.10. The molecule has 0 aliphatic carbocycles. The fraction of sp³-hybridized carbons (Fsp3) is 0.250. The Bertz CT molecular complexity index is 609. The fourth-order valence-electron chi connectivity index (χ4n) is 1.97. The molecule has 0 saturated carbocycles. The number of nitrogens with one attached hydrogen (secondary N) is 1. The van der Waals surface area contributed by atoms with Crippen LogP contribution in [0.15, 0.2) is 36.4 Å². The van der Waals surface area contributed by atoms with Gasteiger partial charge in [0.2, 0.25) is 0 Å². The molecule has 20 heavy (non-hydrogen) atoms. The maximum absolute atomic E-state index is 6.10. The van der Waals surface area contributed by atoms with E-state index in [2.05, 4.69) is 19.2 Å². The molecule has 106 valence electrons. The van der Waals surface area contributed by atoms with Crippen LogP contribution in [0.4, 0.5) is 0 Å². The molecule has 0 fully saturated rings. The Morgan fingerprint density at radius 2 is 1.70 bits per heavy atom. The summed E-state index contributed by atoms with van der Waals surface area (Å²) in [5.74, 6) is 0. The Hall–Kier alpha value is -0.730. The van der Waals surface area contributed by atoms with Crippen molar-refractivity contribution >= 4 is 34.8 Å². The van der Waals surface area contributed by atoms with E-state index < -0.39 is 0 Å². The average Bonchev–Trinajstić information content (AvgIpc) is 2.40. The highest BCUT2D eigenvalue weighted by Crippen LogP contribution is 2.31. The van der Waals surface area contributed by atoms with Gasteiger partial charge in [0.05, 0.1) is 10.0 Å². The lowest BCUT2D eigenvalue weighted by atomic mass is 9.99. The second kappa shape index (κ2) is 6.82. The second-order valence-electron chi connectivity index (χ2n) is 4.97. The minimum absolute atomic E-state index is 0.413. The van der Waals surface area contributed by atoms with Crippen molar-refractivity contribution in [2.45, 2.75) is 26.4 Å². The van der Waals surface area contributed by atoms with E-state index in [1.807, 2.05) is 36.4 Å². The topological polar surface area (TPSA) is 12.0 Å². The first-order valence-electron chi connectivity index (χ1n) is 6.44. The van der Waals surface area contributed by atoms with Crippen LogP contribution < -0.4 is 5.32 Å². The number of halogens is 3. The summed E-state index contributed by atoms with van der Waals surface area (Å²) in [6, 6.07) is 12.0. The van der Waals surface area contributed by atoms with Gasteiger partial charge in [-0.15, -0.1) is 0 Å². The summed E-state index contributed by atoms with van der Waals surface area (Å²) in [5.41, 5.74) is 3.29. The largest absolute Gasteiger partial charge is 0.310 e.